The van der Waals surface area contributed by atoms with Crippen molar-refractivity contribution in [1.29, 1.82) is 0 Å². The zero-order valence-electron chi connectivity index (χ0n) is 14.6. The van der Waals surface area contributed by atoms with Crippen LogP contribution < -0.4 is 0 Å². The number of nitrogens with zero attached hydrogens (tertiary/aromatic N) is 1. The number of carbonyl (C=O) groups excluding carboxylic acids is 1. The van der Waals surface area contributed by atoms with E-state index in [1.807, 2.05) is 47.4 Å². The maximum absolute atomic E-state index is 13.0. The van der Waals surface area contributed by atoms with Gasteiger partial charge in [-0.15, -0.1) is 0 Å². The molecule has 138 valence electrons. The lowest BCUT2D eigenvalue weighted by Crippen LogP contribution is -2.48. The fraction of sp³-hybridized carbons (Fsp3) is 0.381. The second-order valence-corrected chi connectivity index (χ2v) is 8.79. The predicted molar refractivity (Wildman–Crippen MR) is 118 cm³/mol. The number of alkyl halides is 1. The lowest BCUT2D eigenvalue weighted by Gasteiger charge is -2.44. The minimum Gasteiger partial charge on any atom is -0.338 e. The van der Waals surface area contributed by atoms with E-state index >= 15 is 0 Å². The first-order valence-electron chi connectivity index (χ1n) is 8.91. The quantitative estimate of drug-likeness (QED) is 0.343. The van der Waals surface area contributed by atoms with Gasteiger partial charge >= 0.3 is 0 Å². The minimum absolute atomic E-state index is 0.0535. The van der Waals surface area contributed by atoms with Crippen LogP contribution in [0.3, 0.4) is 0 Å². The number of amides is 1. The SMILES string of the molecule is O=C(c1ccccc1)N1CCC[C@@](CCCI)(c2ccc(Cl)c(Cl)c2)C1. The first-order valence-corrected chi connectivity index (χ1v) is 11.2. The molecule has 3 rings (SSSR count). The number of piperidine rings is 1. The van der Waals surface area contributed by atoms with Gasteiger partial charge in [0.05, 0.1) is 10.0 Å². The van der Waals surface area contributed by atoms with Crippen molar-refractivity contribution in [3.8, 4) is 0 Å². The summed E-state index contributed by atoms with van der Waals surface area (Å²) < 4.78 is 1.10. The van der Waals surface area contributed by atoms with E-state index in [0.717, 1.165) is 48.8 Å². The molecule has 1 fully saturated rings. The molecule has 1 aliphatic heterocycles. The first kappa shape index (κ1) is 20.0. The van der Waals surface area contributed by atoms with Gasteiger partial charge in [-0.3, -0.25) is 4.79 Å². The molecule has 1 atom stereocenters. The summed E-state index contributed by atoms with van der Waals surface area (Å²) in [5.41, 5.74) is 1.90. The molecule has 1 saturated heterocycles. The highest BCUT2D eigenvalue weighted by molar-refractivity contribution is 14.1. The van der Waals surface area contributed by atoms with Gasteiger partial charge in [0.2, 0.25) is 0 Å². The molecular weight excluding hydrogens is 480 g/mol. The van der Waals surface area contributed by atoms with E-state index in [9.17, 15) is 4.79 Å². The number of hydrogen-bond donors (Lipinski definition) is 0. The molecule has 2 aromatic carbocycles. The number of carbonyl (C=O) groups is 1. The van der Waals surface area contributed by atoms with E-state index in [4.69, 9.17) is 23.2 Å². The maximum atomic E-state index is 13.0. The van der Waals surface area contributed by atoms with Crippen molar-refractivity contribution in [2.75, 3.05) is 17.5 Å². The van der Waals surface area contributed by atoms with Gasteiger partial charge in [0.1, 0.15) is 0 Å². The Morgan fingerprint density at radius 1 is 1.12 bits per heavy atom. The van der Waals surface area contributed by atoms with Crippen LogP contribution in [0.2, 0.25) is 10.0 Å². The third-order valence-electron chi connectivity index (χ3n) is 5.21. The molecular formula is C21H22Cl2INO. The van der Waals surface area contributed by atoms with E-state index in [1.165, 1.54) is 5.56 Å². The molecule has 0 N–H and O–H groups in total. The average molecular weight is 502 g/mol. The standard InChI is InChI=1S/C21H22Cl2INO/c22-18-9-8-17(14-19(18)23)21(10-4-12-24)11-5-13-25(15-21)20(26)16-6-2-1-3-7-16/h1-3,6-9,14H,4-5,10-13,15H2/t21-/m1/s1. The Labute approximate surface area is 179 Å². The molecule has 1 heterocycles. The van der Waals surface area contributed by atoms with Crippen LogP contribution in [0.4, 0.5) is 0 Å². The van der Waals surface area contributed by atoms with Crippen LogP contribution in [0.1, 0.15) is 41.6 Å². The molecule has 0 bridgehead atoms. The van der Waals surface area contributed by atoms with E-state index < -0.39 is 0 Å². The van der Waals surface area contributed by atoms with E-state index in [1.54, 1.807) is 0 Å². The Balaban J connectivity index is 1.91. The zero-order chi connectivity index (χ0) is 18.6. The molecule has 5 heteroatoms. The van der Waals surface area contributed by atoms with E-state index in [0.29, 0.717) is 10.0 Å². The Hall–Kier alpha value is -0.780. The summed E-state index contributed by atoms with van der Waals surface area (Å²) in [7, 11) is 0. The summed E-state index contributed by atoms with van der Waals surface area (Å²) >= 11 is 14.9. The molecule has 0 spiro atoms. The van der Waals surface area contributed by atoms with Gasteiger partial charge in [0.15, 0.2) is 0 Å². The van der Waals surface area contributed by atoms with Gasteiger partial charge in [-0.25, -0.2) is 0 Å². The van der Waals surface area contributed by atoms with E-state index in [2.05, 4.69) is 28.7 Å². The van der Waals surface area contributed by atoms with Gasteiger partial charge in [0.25, 0.3) is 5.91 Å². The minimum atomic E-state index is -0.0535. The Kier molecular flexibility index (Phi) is 6.87. The lowest BCUT2D eigenvalue weighted by atomic mass is 9.71. The van der Waals surface area contributed by atoms with Crippen LogP contribution in [0.5, 0.6) is 0 Å². The van der Waals surface area contributed by atoms with Crippen molar-refractivity contribution in [1.82, 2.24) is 4.90 Å². The van der Waals surface area contributed by atoms with E-state index in [-0.39, 0.29) is 11.3 Å². The number of halogens is 3. The number of benzene rings is 2. The summed E-state index contributed by atoms with van der Waals surface area (Å²) in [6.45, 7) is 1.54. The molecule has 1 amide bonds. The molecule has 0 aliphatic carbocycles. The van der Waals surface area contributed by atoms with Crippen LogP contribution in [0.15, 0.2) is 48.5 Å². The molecule has 2 aromatic rings. The third kappa shape index (κ3) is 4.37. The van der Waals surface area contributed by atoms with Crippen LogP contribution in [0.25, 0.3) is 0 Å². The highest BCUT2D eigenvalue weighted by atomic mass is 127. The van der Waals surface area contributed by atoms with Crippen molar-refractivity contribution < 1.29 is 4.79 Å². The topological polar surface area (TPSA) is 20.3 Å². The second-order valence-electron chi connectivity index (χ2n) is 6.90. The number of hydrogen-bond acceptors (Lipinski definition) is 1. The zero-order valence-corrected chi connectivity index (χ0v) is 18.2. The summed E-state index contributed by atoms with van der Waals surface area (Å²) in [4.78, 5) is 15.0. The average Bonchev–Trinajstić information content (AvgIpc) is 2.68. The highest BCUT2D eigenvalue weighted by Gasteiger charge is 2.38. The fourth-order valence-electron chi connectivity index (χ4n) is 3.88. The molecule has 0 aromatic heterocycles. The Morgan fingerprint density at radius 2 is 1.88 bits per heavy atom. The van der Waals surface area contributed by atoms with Crippen LogP contribution in [-0.2, 0) is 5.41 Å². The van der Waals surface area contributed by atoms with Gasteiger partial charge in [0, 0.05) is 24.1 Å². The normalized spacial score (nSPS) is 20.2. The monoisotopic (exact) mass is 501 g/mol. The van der Waals surface area contributed by atoms with Crippen LogP contribution in [-0.4, -0.2) is 28.3 Å². The molecule has 0 radical (unpaired) electrons. The summed E-state index contributed by atoms with van der Waals surface area (Å²) in [5.74, 6) is 0.115. The molecule has 26 heavy (non-hydrogen) atoms. The molecule has 0 saturated carbocycles. The first-order chi connectivity index (χ1) is 12.6. The predicted octanol–water partition coefficient (Wildman–Crippen LogP) is 6.38. The summed E-state index contributed by atoms with van der Waals surface area (Å²) in [6.07, 6.45) is 4.24. The van der Waals surface area contributed by atoms with Crippen molar-refractivity contribution in [2.24, 2.45) is 0 Å². The van der Waals surface area contributed by atoms with Crippen LogP contribution >= 0.6 is 45.8 Å². The van der Waals surface area contributed by atoms with Crippen molar-refractivity contribution >= 4 is 51.7 Å². The molecule has 0 unspecified atom stereocenters. The Bertz CT molecular complexity index is 768. The highest BCUT2D eigenvalue weighted by Crippen LogP contribution is 2.40. The molecule has 1 aliphatic rings. The largest absolute Gasteiger partial charge is 0.338 e. The Morgan fingerprint density at radius 3 is 2.58 bits per heavy atom. The van der Waals surface area contributed by atoms with Crippen molar-refractivity contribution in [3.63, 3.8) is 0 Å². The maximum Gasteiger partial charge on any atom is 0.253 e. The van der Waals surface area contributed by atoms with Crippen LogP contribution in [0, 0.1) is 0 Å². The van der Waals surface area contributed by atoms with Crippen molar-refractivity contribution in [3.05, 3.63) is 69.7 Å². The summed E-state index contributed by atoms with van der Waals surface area (Å²) in [6, 6.07) is 15.5. The number of likely N-dealkylation sites (tertiary alicyclic amines) is 1. The van der Waals surface area contributed by atoms with Crippen molar-refractivity contribution in [2.45, 2.75) is 31.1 Å². The second kappa shape index (κ2) is 8.94. The van der Waals surface area contributed by atoms with Gasteiger partial charge < -0.3 is 4.90 Å². The van der Waals surface area contributed by atoms with Gasteiger partial charge in [-0.1, -0.05) is 70.1 Å². The van der Waals surface area contributed by atoms with Gasteiger partial charge in [-0.05, 0) is 59.9 Å². The lowest BCUT2D eigenvalue weighted by molar-refractivity contribution is 0.0626. The number of rotatable bonds is 5. The fourth-order valence-corrected chi connectivity index (χ4v) is 4.56. The smallest absolute Gasteiger partial charge is 0.253 e. The molecule has 2 nitrogen and oxygen atoms in total. The van der Waals surface area contributed by atoms with Gasteiger partial charge in [-0.2, -0.15) is 0 Å². The third-order valence-corrected chi connectivity index (χ3v) is 6.71. The summed E-state index contributed by atoms with van der Waals surface area (Å²) in [5, 5.41) is 1.16.